The molecule has 0 spiro atoms. The molecule has 2 heterocycles. The third-order valence-electron chi connectivity index (χ3n) is 6.21. The van der Waals surface area contributed by atoms with Crippen LogP contribution in [0, 0.1) is 12.8 Å². The van der Waals surface area contributed by atoms with E-state index in [2.05, 4.69) is 20.4 Å². The lowest BCUT2D eigenvalue weighted by atomic mass is 9.97. The summed E-state index contributed by atoms with van der Waals surface area (Å²) >= 11 is 0. The number of rotatable bonds is 7. The van der Waals surface area contributed by atoms with Crippen molar-refractivity contribution in [1.29, 1.82) is 0 Å². The third kappa shape index (κ3) is 5.58. The number of hydrogen-bond acceptors (Lipinski definition) is 6. The van der Waals surface area contributed by atoms with Crippen LogP contribution in [0.25, 0.3) is 11.4 Å². The van der Waals surface area contributed by atoms with E-state index in [0.717, 1.165) is 36.3 Å². The Bertz CT molecular complexity index is 1290. The second-order valence-corrected chi connectivity index (χ2v) is 8.80. The van der Waals surface area contributed by atoms with Gasteiger partial charge in [-0.25, -0.2) is 0 Å². The molecular formula is C28H28N4O3. The first-order valence-corrected chi connectivity index (χ1v) is 11.9. The number of carbonyl (C=O) groups excluding carboxylic acids is 1. The van der Waals surface area contributed by atoms with Crippen LogP contribution in [0.1, 0.15) is 24.3 Å². The van der Waals surface area contributed by atoms with E-state index in [0.29, 0.717) is 36.2 Å². The maximum absolute atomic E-state index is 13.2. The second kappa shape index (κ2) is 10.5. The van der Waals surface area contributed by atoms with Gasteiger partial charge in [0.15, 0.2) is 5.75 Å². The average molecular weight is 469 g/mol. The summed E-state index contributed by atoms with van der Waals surface area (Å²) in [4.78, 5) is 19.9. The number of piperidine rings is 1. The Balaban J connectivity index is 1.22. The molecule has 35 heavy (non-hydrogen) atoms. The van der Waals surface area contributed by atoms with Gasteiger partial charge in [-0.1, -0.05) is 59.8 Å². The fraction of sp³-hybridized carbons (Fsp3) is 0.250. The number of aryl methyl sites for hydroxylation is 1. The van der Waals surface area contributed by atoms with Gasteiger partial charge in [-0.3, -0.25) is 9.69 Å². The Morgan fingerprint density at radius 2 is 1.83 bits per heavy atom. The number of amides is 1. The smallest absolute Gasteiger partial charge is 0.241 e. The van der Waals surface area contributed by atoms with Crippen LogP contribution >= 0.6 is 0 Å². The molecule has 1 aliphatic heterocycles. The summed E-state index contributed by atoms with van der Waals surface area (Å²) in [7, 11) is 0. The first kappa shape index (κ1) is 22.8. The summed E-state index contributed by atoms with van der Waals surface area (Å²) in [5.74, 6) is 2.36. The van der Waals surface area contributed by atoms with Crippen LogP contribution in [0.3, 0.4) is 0 Å². The van der Waals surface area contributed by atoms with Gasteiger partial charge in [0, 0.05) is 12.1 Å². The fourth-order valence-electron chi connectivity index (χ4n) is 4.37. The molecule has 5 rings (SSSR count). The van der Waals surface area contributed by atoms with E-state index in [-0.39, 0.29) is 11.8 Å². The van der Waals surface area contributed by atoms with Gasteiger partial charge >= 0.3 is 0 Å². The third-order valence-corrected chi connectivity index (χ3v) is 6.21. The SMILES string of the molecule is Cc1ccccc1-c1noc(CN2CCCC(C(=O)Nc3ccccc3Oc3ccccc3)C2)n1. The normalized spacial score (nSPS) is 16.1. The molecule has 0 bridgehead atoms. The van der Waals surface area contributed by atoms with Gasteiger partial charge in [0.25, 0.3) is 0 Å². The second-order valence-electron chi connectivity index (χ2n) is 8.80. The highest BCUT2D eigenvalue weighted by atomic mass is 16.5. The molecule has 0 radical (unpaired) electrons. The lowest BCUT2D eigenvalue weighted by molar-refractivity contribution is -0.121. The maximum Gasteiger partial charge on any atom is 0.241 e. The quantitative estimate of drug-likeness (QED) is 0.375. The van der Waals surface area contributed by atoms with Crippen molar-refractivity contribution >= 4 is 11.6 Å². The molecule has 178 valence electrons. The van der Waals surface area contributed by atoms with Crippen LogP contribution in [0.2, 0.25) is 0 Å². The van der Waals surface area contributed by atoms with E-state index in [4.69, 9.17) is 9.26 Å². The molecule has 1 fully saturated rings. The lowest BCUT2D eigenvalue weighted by Crippen LogP contribution is -2.40. The summed E-state index contributed by atoms with van der Waals surface area (Å²) in [6, 6.07) is 25.0. The van der Waals surface area contributed by atoms with Gasteiger partial charge in [0.05, 0.1) is 18.2 Å². The molecule has 1 amide bonds. The van der Waals surface area contributed by atoms with Crippen molar-refractivity contribution in [2.45, 2.75) is 26.3 Å². The number of likely N-dealkylation sites (tertiary alicyclic amines) is 1. The molecule has 1 atom stereocenters. The molecule has 4 aromatic rings. The Morgan fingerprint density at radius 1 is 1.06 bits per heavy atom. The Hall–Kier alpha value is -3.97. The highest BCUT2D eigenvalue weighted by Crippen LogP contribution is 2.30. The largest absolute Gasteiger partial charge is 0.455 e. The number of hydrogen-bond donors (Lipinski definition) is 1. The molecule has 3 aromatic carbocycles. The number of ether oxygens (including phenoxy) is 1. The molecule has 7 heteroatoms. The van der Waals surface area contributed by atoms with Crippen molar-refractivity contribution in [3.8, 4) is 22.9 Å². The maximum atomic E-state index is 13.2. The van der Waals surface area contributed by atoms with Crippen LogP contribution < -0.4 is 10.1 Å². The first-order chi connectivity index (χ1) is 17.2. The Morgan fingerprint density at radius 3 is 2.69 bits per heavy atom. The molecule has 0 aliphatic carbocycles. The number of anilines is 1. The van der Waals surface area contributed by atoms with Crippen molar-refractivity contribution in [3.05, 3.63) is 90.3 Å². The predicted molar refractivity (Wildman–Crippen MR) is 134 cm³/mol. The van der Waals surface area contributed by atoms with Gasteiger partial charge < -0.3 is 14.6 Å². The van der Waals surface area contributed by atoms with Crippen molar-refractivity contribution in [1.82, 2.24) is 15.0 Å². The minimum Gasteiger partial charge on any atom is -0.455 e. The van der Waals surface area contributed by atoms with Gasteiger partial charge in [-0.15, -0.1) is 0 Å². The van der Waals surface area contributed by atoms with Crippen molar-refractivity contribution < 1.29 is 14.1 Å². The average Bonchev–Trinajstić information content (AvgIpc) is 3.34. The molecule has 1 aromatic heterocycles. The Labute approximate surface area is 204 Å². The molecule has 1 unspecified atom stereocenters. The van der Waals surface area contributed by atoms with Crippen molar-refractivity contribution in [3.63, 3.8) is 0 Å². The number of carbonyl (C=O) groups is 1. The number of benzene rings is 3. The van der Waals surface area contributed by atoms with Crippen molar-refractivity contribution in [2.75, 3.05) is 18.4 Å². The van der Waals surface area contributed by atoms with Gasteiger partial charge in [0.1, 0.15) is 5.75 Å². The number of nitrogens with one attached hydrogen (secondary N) is 1. The molecule has 0 saturated carbocycles. The van der Waals surface area contributed by atoms with Crippen LogP contribution in [0.4, 0.5) is 5.69 Å². The zero-order valence-electron chi connectivity index (χ0n) is 19.7. The minimum atomic E-state index is -0.132. The zero-order chi connectivity index (χ0) is 24.0. The summed E-state index contributed by atoms with van der Waals surface area (Å²) in [5.41, 5.74) is 2.74. The molecule has 7 nitrogen and oxygen atoms in total. The lowest BCUT2D eigenvalue weighted by Gasteiger charge is -2.31. The fourth-order valence-corrected chi connectivity index (χ4v) is 4.37. The number of nitrogens with zero attached hydrogens (tertiary/aromatic N) is 3. The van der Waals surface area contributed by atoms with E-state index in [1.165, 1.54) is 0 Å². The van der Waals surface area contributed by atoms with E-state index >= 15 is 0 Å². The van der Waals surface area contributed by atoms with Gasteiger partial charge in [0.2, 0.25) is 17.6 Å². The van der Waals surface area contributed by atoms with Crippen LogP contribution in [0.15, 0.2) is 83.4 Å². The highest BCUT2D eigenvalue weighted by molar-refractivity contribution is 5.94. The molecular weight excluding hydrogens is 440 g/mol. The van der Waals surface area contributed by atoms with E-state index in [1.54, 1.807) is 0 Å². The van der Waals surface area contributed by atoms with E-state index in [9.17, 15) is 4.79 Å². The summed E-state index contributed by atoms with van der Waals surface area (Å²) in [5, 5.41) is 7.24. The first-order valence-electron chi connectivity index (χ1n) is 11.9. The van der Waals surface area contributed by atoms with Crippen LogP contribution in [0.5, 0.6) is 11.5 Å². The van der Waals surface area contributed by atoms with Gasteiger partial charge in [-0.05, 0) is 56.1 Å². The summed E-state index contributed by atoms with van der Waals surface area (Å²) in [6.07, 6.45) is 1.77. The number of para-hydroxylation sites is 3. The van der Waals surface area contributed by atoms with Crippen LogP contribution in [-0.4, -0.2) is 34.0 Å². The predicted octanol–water partition coefficient (Wildman–Crippen LogP) is 5.69. The minimum absolute atomic E-state index is 0.00931. The van der Waals surface area contributed by atoms with Crippen molar-refractivity contribution in [2.24, 2.45) is 5.92 Å². The molecule has 1 saturated heterocycles. The highest BCUT2D eigenvalue weighted by Gasteiger charge is 2.27. The van der Waals surface area contributed by atoms with E-state index in [1.807, 2.05) is 85.8 Å². The van der Waals surface area contributed by atoms with Gasteiger partial charge in [-0.2, -0.15) is 4.98 Å². The number of aromatic nitrogens is 2. The van der Waals surface area contributed by atoms with E-state index < -0.39 is 0 Å². The monoisotopic (exact) mass is 468 g/mol. The van der Waals surface area contributed by atoms with Crippen LogP contribution in [-0.2, 0) is 11.3 Å². The standard InChI is InChI=1S/C28H28N4O3/c1-20-10-5-6-14-23(20)27-30-26(35-31-27)19-32-17-9-11-21(18-32)28(33)29-24-15-7-8-16-25(24)34-22-12-3-2-4-13-22/h2-8,10,12-16,21H,9,11,17-19H2,1H3,(H,29,33). The zero-order valence-corrected chi connectivity index (χ0v) is 19.7. The molecule has 1 aliphatic rings. The Kier molecular flexibility index (Phi) is 6.86. The summed E-state index contributed by atoms with van der Waals surface area (Å²) in [6.45, 7) is 4.08. The summed E-state index contributed by atoms with van der Waals surface area (Å²) < 4.78 is 11.5. The molecule has 1 N–H and O–H groups in total. The topological polar surface area (TPSA) is 80.5 Å².